The summed E-state index contributed by atoms with van der Waals surface area (Å²) in [5.41, 5.74) is 4.03. The molecule has 2 rings (SSSR count). The highest BCUT2D eigenvalue weighted by molar-refractivity contribution is 5.88. The van der Waals surface area contributed by atoms with Gasteiger partial charge in [0.25, 0.3) is 0 Å². The average Bonchev–Trinajstić information content (AvgIpc) is 2.39. The van der Waals surface area contributed by atoms with Crippen molar-refractivity contribution in [3.8, 4) is 0 Å². The molecule has 0 bridgehead atoms. The number of aromatic carboxylic acids is 1. The van der Waals surface area contributed by atoms with Crippen molar-refractivity contribution in [3.63, 3.8) is 0 Å². The molecule has 2 N–H and O–H groups in total. The van der Waals surface area contributed by atoms with Crippen LogP contribution in [0.15, 0.2) is 53.6 Å². The molecule has 96 valence electrons. The molecule has 0 radical (unpaired) electrons. The highest BCUT2D eigenvalue weighted by Crippen LogP contribution is 2.10. The summed E-state index contributed by atoms with van der Waals surface area (Å²) in [4.78, 5) is 10.8. The van der Waals surface area contributed by atoms with Crippen molar-refractivity contribution < 1.29 is 14.3 Å². The van der Waals surface area contributed by atoms with E-state index in [9.17, 15) is 9.18 Å². The second kappa shape index (κ2) is 5.77. The van der Waals surface area contributed by atoms with E-state index >= 15 is 0 Å². The molecule has 0 saturated carbocycles. The molecule has 0 aliphatic carbocycles. The van der Waals surface area contributed by atoms with Crippen LogP contribution in [0.3, 0.4) is 0 Å². The van der Waals surface area contributed by atoms with E-state index in [1.165, 1.54) is 30.5 Å². The van der Waals surface area contributed by atoms with E-state index in [0.29, 0.717) is 11.3 Å². The van der Waals surface area contributed by atoms with E-state index in [-0.39, 0.29) is 11.4 Å². The second-order valence-electron chi connectivity index (χ2n) is 3.81. The van der Waals surface area contributed by atoms with Crippen molar-refractivity contribution in [1.82, 2.24) is 0 Å². The van der Waals surface area contributed by atoms with E-state index in [0.717, 1.165) is 0 Å². The van der Waals surface area contributed by atoms with Gasteiger partial charge in [0.2, 0.25) is 0 Å². The van der Waals surface area contributed by atoms with Gasteiger partial charge in [-0.15, -0.1) is 0 Å². The lowest BCUT2D eigenvalue weighted by Crippen LogP contribution is -1.97. The van der Waals surface area contributed by atoms with Gasteiger partial charge in [-0.1, -0.05) is 18.2 Å². The van der Waals surface area contributed by atoms with Gasteiger partial charge in [0.05, 0.1) is 17.5 Å². The number of nitrogens with zero attached hydrogens (tertiary/aromatic N) is 1. The number of nitrogens with one attached hydrogen (secondary N) is 1. The minimum atomic E-state index is -1.00. The Hall–Kier alpha value is -2.69. The van der Waals surface area contributed by atoms with Crippen molar-refractivity contribution in [1.29, 1.82) is 0 Å². The summed E-state index contributed by atoms with van der Waals surface area (Å²) in [5, 5.41) is 12.8. The molecule has 19 heavy (non-hydrogen) atoms. The molecule has 2 aromatic rings. The first-order chi connectivity index (χ1) is 9.15. The molecule has 0 heterocycles. The SMILES string of the molecule is O=C(O)c1cccc(NN=Cc2cccc(F)c2)c1. The zero-order chi connectivity index (χ0) is 13.7. The number of anilines is 1. The molecular formula is C14H11FN2O2. The van der Waals surface area contributed by atoms with Crippen molar-refractivity contribution in [2.45, 2.75) is 0 Å². The lowest BCUT2D eigenvalue weighted by molar-refractivity contribution is 0.0697. The summed E-state index contributed by atoms with van der Waals surface area (Å²) >= 11 is 0. The first kappa shape index (κ1) is 12.8. The van der Waals surface area contributed by atoms with E-state index in [1.54, 1.807) is 24.3 Å². The molecule has 0 aliphatic heterocycles. The first-order valence-electron chi connectivity index (χ1n) is 5.53. The van der Waals surface area contributed by atoms with Crippen LogP contribution in [0.25, 0.3) is 0 Å². The van der Waals surface area contributed by atoms with Crippen molar-refractivity contribution >= 4 is 17.9 Å². The second-order valence-corrected chi connectivity index (χ2v) is 3.81. The molecule has 4 nitrogen and oxygen atoms in total. The van der Waals surface area contributed by atoms with Gasteiger partial charge in [-0.3, -0.25) is 5.43 Å². The van der Waals surface area contributed by atoms with Gasteiger partial charge in [0.15, 0.2) is 0 Å². The van der Waals surface area contributed by atoms with Crippen LogP contribution in [0, 0.1) is 5.82 Å². The number of hydrazone groups is 1. The Labute approximate surface area is 109 Å². The molecular weight excluding hydrogens is 247 g/mol. The molecule has 0 fully saturated rings. The fraction of sp³-hybridized carbons (Fsp3) is 0. The van der Waals surface area contributed by atoms with Gasteiger partial charge in [0, 0.05) is 0 Å². The molecule has 0 unspecified atom stereocenters. The standard InChI is InChI=1S/C14H11FN2O2/c15-12-5-1-3-10(7-12)9-16-17-13-6-2-4-11(8-13)14(18)19/h1-9,17H,(H,18,19). The first-order valence-corrected chi connectivity index (χ1v) is 5.53. The predicted molar refractivity (Wildman–Crippen MR) is 71.0 cm³/mol. The van der Waals surface area contributed by atoms with Crippen LogP contribution in [0.2, 0.25) is 0 Å². The molecule has 0 aromatic heterocycles. The topological polar surface area (TPSA) is 61.7 Å². The zero-order valence-electron chi connectivity index (χ0n) is 9.88. The smallest absolute Gasteiger partial charge is 0.335 e. The third kappa shape index (κ3) is 3.64. The lowest BCUT2D eigenvalue weighted by atomic mass is 10.2. The number of carboxylic acid groups (broad SMARTS) is 1. The quantitative estimate of drug-likeness (QED) is 0.654. The van der Waals surface area contributed by atoms with Crippen LogP contribution in [0.5, 0.6) is 0 Å². The fourth-order valence-corrected chi connectivity index (χ4v) is 1.49. The zero-order valence-corrected chi connectivity index (χ0v) is 9.88. The summed E-state index contributed by atoms with van der Waals surface area (Å²) in [5.74, 6) is -1.34. The van der Waals surface area contributed by atoms with E-state index in [2.05, 4.69) is 10.5 Å². The summed E-state index contributed by atoms with van der Waals surface area (Å²) in [6.45, 7) is 0. The lowest BCUT2D eigenvalue weighted by Gasteiger charge is -2.01. The van der Waals surface area contributed by atoms with Gasteiger partial charge in [0.1, 0.15) is 5.82 Å². The van der Waals surface area contributed by atoms with E-state index in [4.69, 9.17) is 5.11 Å². The predicted octanol–water partition coefficient (Wildman–Crippen LogP) is 2.97. The Bertz CT molecular complexity index is 626. The van der Waals surface area contributed by atoms with Gasteiger partial charge in [-0.05, 0) is 35.9 Å². The third-order valence-electron chi connectivity index (χ3n) is 2.37. The molecule has 0 atom stereocenters. The van der Waals surface area contributed by atoms with Gasteiger partial charge < -0.3 is 5.11 Å². The van der Waals surface area contributed by atoms with Crippen LogP contribution in [0.1, 0.15) is 15.9 Å². The Balaban J connectivity index is 2.06. The number of carboxylic acids is 1. The summed E-state index contributed by atoms with van der Waals surface area (Å²) < 4.78 is 12.9. The Kier molecular flexibility index (Phi) is 3.87. The maximum Gasteiger partial charge on any atom is 0.335 e. The molecule has 0 amide bonds. The van der Waals surface area contributed by atoms with Gasteiger partial charge in [-0.2, -0.15) is 5.10 Å². The number of benzene rings is 2. The third-order valence-corrected chi connectivity index (χ3v) is 2.37. The summed E-state index contributed by atoms with van der Waals surface area (Å²) in [7, 11) is 0. The van der Waals surface area contributed by atoms with Crippen molar-refractivity contribution in [2.24, 2.45) is 5.10 Å². The number of hydrogen-bond acceptors (Lipinski definition) is 3. The van der Waals surface area contributed by atoms with Crippen LogP contribution in [-0.2, 0) is 0 Å². The van der Waals surface area contributed by atoms with E-state index in [1.807, 2.05) is 0 Å². The largest absolute Gasteiger partial charge is 0.478 e. The van der Waals surface area contributed by atoms with Crippen LogP contribution < -0.4 is 5.43 Å². The molecule has 2 aromatic carbocycles. The minimum Gasteiger partial charge on any atom is -0.478 e. The molecule has 0 spiro atoms. The van der Waals surface area contributed by atoms with Crippen LogP contribution >= 0.6 is 0 Å². The summed E-state index contributed by atoms with van der Waals surface area (Å²) in [6, 6.07) is 12.2. The fourth-order valence-electron chi connectivity index (χ4n) is 1.49. The van der Waals surface area contributed by atoms with Crippen molar-refractivity contribution in [3.05, 3.63) is 65.5 Å². The molecule has 0 saturated heterocycles. The number of halogens is 1. The number of rotatable bonds is 4. The molecule has 0 aliphatic rings. The van der Waals surface area contributed by atoms with Gasteiger partial charge in [-0.25, -0.2) is 9.18 Å². The van der Waals surface area contributed by atoms with Crippen LogP contribution in [-0.4, -0.2) is 17.3 Å². The molecule has 5 heteroatoms. The average molecular weight is 258 g/mol. The van der Waals surface area contributed by atoms with E-state index < -0.39 is 5.97 Å². The highest BCUT2D eigenvalue weighted by atomic mass is 19.1. The Morgan fingerprint density at radius 1 is 1.21 bits per heavy atom. The Morgan fingerprint density at radius 3 is 2.74 bits per heavy atom. The maximum atomic E-state index is 12.9. The van der Waals surface area contributed by atoms with Crippen molar-refractivity contribution in [2.75, 3.05) is 5.43 Å². The monoisotopic (exact) mass is 258 g/mol. The Morgan fingerprint density at radius 2 is 2.00 bits per heavy atom. The summed E-state index contributed by atoms with van der Waals surface area (Å²) in [6.07, 6.45) is 1.45. The van der Waals surface area contributed by atoms with Gasteiger partial charge >= 0.3 is 5.97 Å². The maximum absolute atomic E-state index is 12.9. The number of hydrogen-bond donors (Lipinski definition) is 2. The highest BCUT2D eigenvalue weighted by Gasteiger charge is 2.01. The van der Waals surface area contributed by atoms with Crippen LogP contribution in [0.4, 0.5) is 10.1 Å². The number of carbonyl (C=O) groups is 1. The normalized spacial score (nSPS) is 10.6. The minimum absolute atomic E-state index is 0.172.